The molecule has 1 aliphatic heterocycles. The van der Waals surface area contributed by atoms with Crippen LogP contribution in [0.1, 0.15) is 32.3 Å². The van der Waals surface area contributed by atoms with Crippen LogP contribution < -0.4 is 5.32 Å². The van der Waals surface area contributed by atoms with Gasteiger partial charge in [-0.3, -0.25) is 0 Å². The molecule has 0 aliphatic carbocycles. The third-order valence-electron chi connectivity index (χ3n) is 3.19. The second kappa shape index (κ2) is 6.92. The van der Waals surface area contributed by atoms with Gasteiger partial charge in [-0.05, 0) is 25.0 Å². The number of nitrogens with one attached hydrogen (secondary N) is 1. The Labute approximate surface area is 119 Å². The summed E-state index contributed by atoms with van der Waals surface area (Å²) in [6, 6.07) is 6.34. The number of nitriles is 1. The van der Waals surface area contributed by atoms with Crippen molar-refractivity contribution in [3.63, 3.8) is 0 Å². The normalized spacial score (nSPS) is 17.9. The molecule has 5 heteroatoms. The zero-order valence-electron chi connectivity index (χ0n) is 12.0. The van der Waals surface area contributed by atoms with Gasteiger partial charge in [-0.25, -0.2) is 4.52 Å². The van der Waals surface area contributed by atoms with E-state index in [0.717, 1.165) is 30.7 Å². The summed E-state index contributed by atoms with van der Waals surface area (Å²) in [5.41, 5.74) is 2.36. The Balaban J connectivity index is 0.000000704. The van der Waals surface area contributed by atoms with Gasteiger partial charge in [0, 0.05) is 18.8 Å². The minimum absolute atomic E-state index is 0.270. The van der Waals surface area contributed by atoms with E-state index in [1.165, 1.54) is 0 Å². The third kappa shape index (κ3) is 2.91. The summed E-state index contributed by atoms with van der Waals surface area (Å²) in [4.78, 5) is 0. The molecule has 0 bridgehead atoms. The van der Waals surface area contributed by atoms with E-state index >= 15 is 0 Å². The highest BCUT2D eigenvalue weighted by Crippen LogP contribution is 2.23. The van der Waals surface area contributed by atoms with Gasteiger partial charge in [0.1, 0.15) is 6.07 Å². The quantitative estimate of drug-likeness (QED) is 0.913. The molecule has 0 radical (unpaired) electrons. The lowest BCUT2D eigenvalue weighted by Crippen LogP contribution is -2.30. The Kier molecular flexibility index (Phi) is 4.97. The number of hydrogen-bond donors (Lipinski definition) is 1. The first kappa shape index (κ1) is 14.4. The van der Waals surface area contributed by atoms with Crippen LogP contribution in [0.5, 0.6) is 0 Å². The van der Waals surface area contributed by atoms with Crippen LogP contribution in [0.15, 0.2) is 24.5 Å². The highest BCUT2D eigenvalue weighted by atomic mass is 16.5. The van der Waals surface area contributed by atoms with Gasteiger partial charge in [0.15, 0.2) is 0 Å². The number of anilines is 1. The van der Waals surface area contributed by atoms with Gasteiger partial charge in [-0.2, -0.15) is 10.4 Å². The zero-order valence-corrected chi connectivity index (χ0v) is 12.0. The molecular formula is C15H20N4O. The van der Waals surface area contributed by atoms with Crippen molar-refractivity contribution < 1.29 is 4.74 Å². The maximum atomic E-state index is 9.17. The predicted octanol–water partition coefficient (Wildman–Crippen LogP) is 2.82. The molecule has 106 valence electrons. The van der Waals surface area contributed by atoms with Gasteiger partial charge in [0.2, 0.25) is 0 Å². The van der Waals surface area contributed by atoms with E-state index in [2.05, 4.69) is 16.5 Å². The van der Waals surface area contributed by atoms with Crippen LogP contribution in [0.3, 0.4) is 0 Å². The van der Waals surface area contributed by atoms with Crippen LogP contribution in [-0.2, 0) is 4.74 Å². The minimum atomic E-state index is 0.270. The molecular weight excluding hydrogens is 252 g/mol. The summed E-state index contributed by atoms with van der Waals surface area (Å²) in [5.74, 6) is 0. The maximum Gasteiger partial charge on any atom is 0.103 e. The van der Waals surface area contributed by atoms with Crippen LogP contribution >= 0.6 is 0 Å². The molecule has 0 spiro atoms. The van der Waals surface area contributed by atoms with Crippen LogP contribution in [-0.4, -0.2) is 28.9 Å². The van der Waals surface area contributed by atoms with E-state index in [9.17, 15) is 5.26 Å². The third-order valence-corrected chi connectivity index (χ3v) is 3.19. The Morgan fingerprint density at radius 1 is 1.50 bits per heavy atom. The Morgan fingerprint density at radius 3 is 3.05 bits per heavy atom. The molecule has 1 atom stereocenters. The average Bonchev–Trinajstić information content (AvgIpc) is 3.00. The van der Waals surface area contributed by atoms with Crippen molar-refractivity contribution in [1.29, 1.82) is 5.26 Å². The molecule has 20 heavy (non-hydrogen) atoms. The molecule has 1 fully saturated rings. The standard InChI is InChI=1S/C13H14N4O.C2H6/c14-7-10-8-15-17-5-1-4-12(17)13(10)16-11-3-2-6-18-9-11;1-2/h1,4-5,8,11,16H,2-3,6,9H2;1-2H3. The summed E-state index contributed by atoms with van der Waals surface area (Å²) in [5, 5.41) is 16.8. The SMILES string of the molecule is CC.N#Cc1cnn2cccc2c1NC1CCCOC1. The Bertz CT molecular complexity index is 593. The van der Waals surface area contributed by atoms with Crippen LogP contribution in [0.2, 0.25) is 0 Å². The van der Waals surface area contributed by atoms with Crippen molar-refractivity contribution >= 4 is 11.2 Å². The predicted molar refractivity (Wildman–Crippen MR) is 78.7 cm³/mol. The molecule has 1 aliphatic rings. The molecule has 1 saturated heterocycles. The second-order valence-corrected chi connectivity index (χ2v) is 4.44. The Morgan fingerprint density at radius 2 is 2.35 bits per heavy atom. The van der Waals surface area contributed by atoms with Crippen LogP contribution in [0.4, 0.5) is 5.69 Å². The van der Waals surface area contributed by atoms with Crippen molar-refractivity contribution in [2.24, 2.45) is 0 Å². The van der Waals surface area contributed by atoms with Crippen molar-refractivity contribution in [3.05, 3.63) is 30.1 Å². The van der Waals surface area contributed by atoms with Gasteiger partial charge >= 0.3 is 0 Å². The molecule has 3 rings (SSSR count). The van der Waals surface area contributed by atoms with Gasteiger partial charge in [0.25, 0.3) is 0 Å². The number of nitrogens with zero attached hydrogens (tertiary/aromatic N) is 3. The van der Waals surface area contributed by atoms with Crippen molar-refractivity contribution in [2.45, 2.75) is 32.7 Å². The first-order chi connectivity index (χ1) is 9.88. The molecule has 0 amide bonds. The highest BCUT2D eigenvalue weighted by Gasteiger charge is 2.17. The molecule has 1 unspecified atom stereocenters. The lowest BCUT2D eigenvalue weighted by atomic mass is 10.1. The van der Waals surface area contributed by atoms with E-state index in [0.29, 0.717) is 12.2 Å². The van der Waals surface area contributed by atoms with Crippen LogP contribution in [0.25, 0.3) is 5.52 Å². The maximum absolute atomic E-state index is 9.17. The highest BCUT2D eigenvalue weighted by molar-refractivity contribution is 5.77. The first-order valence-corrected chi connectivity index (χ1v) is 7.09. The molecule has 5 nitrogen and oxygen atoms in total. The van der Waals surface area contributed by atoms with E-state index in [4.69, 9.17) is 4.74 Å². The first-order valence-electron chi connectivity index (χ1n) is 7.09. The summed E-state index contributed by atoms with van der Waals surface area (Å²) in [6.45, 7) is 5.53. The molecule has 0 saturated carbocycles. The van der Waals surface area contributed by atoms with Gasteiger partial charge in [-0.1, -0.05) is 13.8 Å². The summed E-state index contributed by atoms with van der Waals surface area (Å²) >= 11 is 0. The summed E-state index contributed by atoms with van der Waals surface area (Å²) < 4.78 is 7.22. The fourth-order valence-corrected chi connectivity index (χ4v) is 2.29. The van der Waals surface area contributed by atoms with E-state index in [1.807, 2.05) is 32.2 Å². The van der Waals surface area contributed by atoms with Crippen molar-refractivity contribution in [1.82, 2.24) is 9.61 Å². The molecule has 1 N–H and O–H groups in total. The Hall–Kier alpha value is -2.06. The topological polar surface area (TPSA) is 62.4 Å². The lowest BCUT2D eigenvalue weighted by molar-refractivity contribution is 0.0876. The summed E-state index contributed by atoms with van der Waals surface area (Å²) in [6.07, 6.45) is 5.60. The largest absolute Gasteiger partial charge is 0.379 e. The number of rotatable bonds is 2. The second-order valence-electron chi connectivity index (χ2n) is 4.44. The molecule has 0 aromatic carbocycles. The van der Waals surface area contributed by atoms with Crippen molar-refractivity contribution in [2.75, 3.05) is 18.5 Å². The van der Waals surface area contributed by atoms with E-state index < -0.39 is 0 Å². The van der Waals surface area contributed by atoms with Gasteiger partial charge < -0.3 is 10.1 Å². The molecule has 3 heterocycles. The zero-order chi connectivity index (χ0) is 14.4. The smallest absolute Gasteiger partial charge is 0.103 e. The molecule has 2 aromatic rings. The fraction of sp³-hybridized carbons (Fsp3) is 0.467. The van der Waals surface area contributed by atoms with E-state index in [-0.39, 0.29) is 6.04 Å². The molecule has 2 aromatic heterocycles. The number of aromatic nitrogens is 2. The van der Waals surface area contributed by atoms with Crippen LogP contribution in [0, 0.1) is 11.3 Å². The van der Waals surface area contributed by atoms with E-state index in [1.54, 1.807) is 10.7 Å². The fourth-order valence-electron chi connectivity index (χ4n) is 2.29. The van der Waals surface area contributed by atoms with Gasteiger partial charge in [-0.15, -0.1) is 0 Å². The minimum Gasteiger partial charge on any atom is -0.379 e. The summed E-state index contributed by atoms with van der Waals surface area (Å²) in [7, 11) is 0. The average molecular weight is 272 g/mol. The lowest BCUT2D eigenvalue weighted by Gasteiger charge is -2.24. The van der Waals surface area contributed by atoms with Crippen molar-refractivity contribution in [3.8, 4) is 6.07 Å². The number of hydrogen-bond acceptors (Lipinski definition) is 4. The monoisotopic (exact) mass is 272 g/mol. The number of fused-ring (bicyclic) bond motifs is 1. The van der Waals surface area contributed by atoms with Gasteiger partial charge in [0.05, 0.1) is 29.6 Å². The number of ether oxygens (including phenoxy) is 1.